The van der Waals surface area contributed by atoms with Crippen LogP contribution in [0.5, 0.6) is 5.75 Å². The van der Waals surface area contributed by atoms with Gasteiger partial charge in [0.2, 0.25) is 0 Å². The molecule has 0 unspecified atom stereocenters. The fraction of sp³-hybridized carbons (Fsp3) is 0.500. The Kier molecular flexibility index (Phi) is 8.64. The van der Waals surface area contributed by atoms with Gasteiger partial charge in [-0.15, -0.1) is 0 Å². The van der Waals surface area contributed by atoms with Crippen molar-refractivity contribution in [2.24, 2.45) is 4.99 Å². The highest BCUT2D eigenvalue weighted by Gasteiger charge is 2.08. The number of nitrogens with one attached hydrogen (secondary N) is 2. The molecule has 148 valence electrons. The van der Waals surface area contributed by atoms with Crippen molar-refractivity contribution >= 4 is 5.96 Å². The summed E-state index contributed by atoms with van der Waals surface area (Å²) in [6.45, 7) is 9.17. The number of methoxy groups -OCH3 is 1. The van der Waals surface area contributed by atoms with Crippen LogP contribution in [0.1, 0.15) is 43.7 Å². The lowest BCUT2D eigenvalue weighted by Gasteiger charge is -2.10. The van der Waals surface area contributed by atoms with Gasteiger partial charge in [-0.2, -0.15) is 0 Å². The molecule has 0 bridgehead atoms. The topological polar surface area (TPSA) is 80.9 Å². The molecule has 1 heterocycles. The Morgan fingerprint density at radius 2 is 2.07 bits per heavy atom. The first-order valence-corrected chi connectivity index (χ1v) is 9.30. The SMILES string of the molecule is CCNC(=NCc1cccc(OCCOC)c1)NCc1cc(C(C)C)no1. The number of aromatic nitrogens is 1. The average molecular weight is 374 g/mol. The number of aliphatic imine (C=N–C) groups is 1. The molecule has 0 spiro atoms. The maximum atomic E-state index is 5.64. The van der Waals surface area contributed by atoms with E-state index in [1.807, 2.05) is 37.3 Å². The van der Waals surface area contributed by atoms with Crippen LogP contribution in [0.25, 0.3) is 0 Å². The van der Waals surface area contributed by atoms with E-state index in [0.717, 1.165) is 35.3 Å². The summed E-state index contributed by atoms with van der Waals surface area (Å²) in [6, 6.07) is 9.90. The number of ether oxygens (including phenoxy) is 2. The minimum Gasteiger partial charge on any atom is -0.491 e. The number of rotatable bonds is 10. The van der Waals surface area contributed by atoms with E-state index < -0.39 is 0 Å². The Balaban J connectivity index is 1.92. The van der Waals surface area contributed by atoms with Gasteiger partial charge >= 0.3 is 0 Å². The third kappa shape index (κ3) is 7.30. The van der Waals surface area contributed by atoms with E-state index in [0.29, 0.717) is 32.2 Å². The molecule has 0 aliphatic carbocycles. The molecule has 0 saturated carbocycles. The molecule has 2 rings (SSSR count). The number of benzene rings is 1. The summed E-state index contributed by atoms with van der Waals surface area (Å²) < 4.78 is 16.0. The molecule has 0 aliphatic heterocycles. The standard InChI is InChI=1S/C20H30N4O3/c1-5-21-20(23-14-18-12-19(15(2)3)24-27-18)22-13-16-7-6-8-17(11-16)26-10-9-25-4/h6-8,11-12,15H,5,9-10,13-14H2,1-4H3,(H2,21,22,23). The second-order valence-corrected chi connectivity index (χ2v) is 6.41. The molecule has 0 amide bonds. The zero-order valence-corrected chi connectivity index (χ0v) is 16.6. The van der Waals surface area contributed by atoms with Crippen LogP contribution in [0, 0.1) is 0 Å². The number of hydrogen-bond donors (Lipinski definition) is 2. The summed E-state index contributed by atoms with van der Waals surface area (Å²) in [7, 11) is 1.66. The number of guanidine groups is 1. The molecule has 7 nitrogen and oxygen atoms in total. The van der Waals surface area contributed by atoms with E-state index in [4.69, 9.17) is 14.0 Å². The second kappa shape index (κ2) is 11.2. The molecule has 1 aromatic carbocycles. The van der Waals surface area contributed by atoms with Crippen molar-refractivity contribution in [2.45, 2.75) is 39.8 Å². The summed E-state index contributed by atoms with van der Waals surface area (Å²) >= 11 is 0. The highest BCUT2D eigenvalue weighted by atomic mass is 16.5. The Morgan fingerprint density at radius 1 is 1.22 bits per heavy atom. The van der Waals surface area contributed by atoms with Gasteiger partial charge in [0.1, 0.15) is 12.4 Å². The Hall–Kier alpha value is -2.54. The van der Waals surface area contributed by atoms with Crippen molar-refractivity contribution in [1.29, 1.82) is 0 Å². The summed E-state index contributed by atoms with van der Waals surface area (Å²) in [5.41, 5.74) is 2.03. The lowest BCUT2D eigenvalue weighted by Crippen LogP contribution is -2.36. The van der Waals surface area contributed by atoms with Gasteiger partial charge in [-0.25, -0.2) is 4.99 Å². The smallest absolute Gasteiger partial charge is 0.191 e. The summed E-state index contributed by atoms with van der Waals surface area (Å²) in [5.74, 6) is 2.69. The number of hydrogen-bond acceptors (Lipinski definition) is 5. The monoisotopic (exact) mass is 374 g/mol. The van der Waals surface area contributed by atoms with Crippen molar-refractivity contribution in [3.63, 3.8) is 0 Å². The Bertz CT molecular complexity index is 713. The van der Waals surface area contributed by atoms with Crippen LogP contribution < -0.4 is 15.4 Å². The maximum absolute atomic E-state index is 5.64. The highest BCUT2D eigenvalue weighted by Crippen LogP contribution is 2.15. The molecule has 0 fully saturated rings. The largest absolute Gasteiger partial charge is 0.491 e. The van der Waals surface area contributed by atoms with E-state index in [-0.39, 0.29) is 0 Å². The third-order valence-electron chi connectivity index (χ3n) is 3.82. The zero-order valence-electron chi connectivity index (χ0n) is 16.6. The summed E-state index contributed by atoms with van der Waals surface area (Å²) in [4.78, 5) is 4.63. The first-order chi connectivity index (χ1) is 13.1. The molecule has 0 saturated heterocycles. The van der Waals surface area contributed by atoms with E-state index in [1.54, 1.807) is 7.11 Å². The van der Waals surface area contributed by atoms with Gasteiger partial charge in [-0.05, 0) is 30.5 Å². The highest BCUT2D eigenvalue weighted by molar-refractivity contribution is 5.79. The first kappa shape index (κ1) is 20.8. The molecule has 0 atom stereocenters. The second-order valence-electron chi connectivity index (χ2n) is 6.41. The van der Waals surface area contributed by atoms with Gasteiger partial charge in [0, 0.05) is 19.7 Å². The molecular formula is C20H30N4O3. The van der Waals surface area contributed by atoms with E-state index in [9.17, 15) is 0 Å². The van der Waals surface area contributed by atoms with Crippen LogP contribution in [0.3, 0.4) is 0 Å². The molecule has 27 heavy (non-hydrogen) atoms. The first-order valence-electron chi connectivity index (χ1n) is 9.30. The molecular weight excluding hydrogens is 344 g/mol. The minimum atomic E-state index is 0.350. The van der Waals surface area contributed by atoms with Crippen molar-refractivity contribution in [2.75, 3.05) is 26.9 Å². The van der Waals surface area contributed by atoms with Crippen LogP contribution >= 0.6 is 0 Å². The van der Waals surface area contributed by atoms with E-state index >= 15 is 0 Å². The Labute approximate surface area is 161 Å². The van der Waals surface area contributed by atoms with Crippen molar-refractivity contribution in [1.82, 2.24) is 15.8 Å². The molecule has 2 N–H and O–H groups in total. The number of nitrogens with zero attached hydrogens (tertiary/aromatic N) is 2. The van der Waals surface area contributed by atoms with Gasteiger partial charge in [0.05, 0.1) is 25.4 Å². The van der Waals surface area contributed by atoms with Crippen LogP contribution in [-0.4, -0.2) is 38.0 Å². The van der Waals surface area contributed by atoms with Crippen LogP contribution in [-0.2, 0) is 17.8 Å². The van der Waals surface area contributed by atoms with Crippen molar-refractivity contribution in [3.05, 3.63) is 47.3 Å². The lowest BCUT2D eigenvalue weighted by molar-refractivity contribution is 0.146. The Morgan fingerprint density at radius 3 is 2.78 bits per heavy atom. The molecule has 0 aliphatic rings. The van der Waals surface area contributed by atoms with Gasteiger partial charge in [-0.3, -0.25) is 0 Å². The fourth-order valence-corrected chi connectivity index (χ4v) is 2.34. The molecule has 0 radical (unpaired) electrons. The average Bonchev–Trinajstić information content (AvgIpc) is 3.14. The van der Waals surface area contributed by atoms with E-state index in [1.165, 1.54) is 0 Å². The van der Waals surface area contributed by atoms with Gasteiger partial charge in [-0.1, -0.05) is 31.1 Å². The quantitative estimate of drug-likeness (QED) is 0.378. The maximum Gasteiger partial charge on any atom is 0.191 e. The van der Waals surface area contributed by atoms with Gasteiger partial charge < -0.3 is 24.6 Å². The van der Waals surface area contributed by atoms with Crippen LogP contribution in [0.4, 0.5) is 0 Å². The van der Waals surface area contributed by atoms with Crippen molar-refractivity contribution < 1.29 is 14.0 Å². The van der Waals surface area contributed by atoms with Gasteiger partial charge in [0.15, 0.2) is 11.7 Å². The van der Waals surface area contributed by atoms with Crippen LogP contribution in [0.15, 0.2) is 39.8 Å². The van der Waals surface area contributed by atoms with Gasteiger partial charge in [0.25, 0.3) is 0 Å². The van der Waals surface area contributed by atoms with Crippen LogP contribution in [0.2, 0.25) is 0 Å². The third-order valence-corrected chi connectivity index (χ3v) is 3.82. The van der Waals surface area contributed by atoms with E-state index in [2.05, 4.69) is 34.6 Å². The summed E-state index contributed by atoms with van der Waals surface area (Å²) in [6.07, 6.45) is 0. The molecule has 2 aromatic rings. The molecule has 1 aromatic heterocycles. The van der Waals surface area contributed by atoms with Crippen molar-refractivity contribution in [3.8, 4) is 5.75 Å². The summed E-state index contributed by atoms with van der Waals surface area (Å²) in [5, 5.41) is 10.6. The zero-order chi connectivity index (χ0) is 19.5. The minimum absolute atomic E-state index is 0.350. The molecule has 7 heteroatoms. The normalized spacial score (nSPS) is 11.7. The predicted octanol–water partition coefficient (Wildman–Crippen LogP) is 3.08. The lowest BCUT2D eigenvalue weighted by atomic mass is 10.1. The predicted molar refractivity (Wildman–Crippen MR) is 106 cm³/mol. The fourth-order valence-electron chi connectivity index (χ4n) is 2.34.